The average Bonchev–Trinajstić information content (AvgIpc) is 3.04. The maximum atomic E-state index is 9.18. The van der Waals surface area contributed by atoms with E-state index >= 15 is 0 Å². The Morgan fingerprint density at radius 2 is 1.56 bits per heavy atom. The van der Waals surface area contributed by atoms with E-state index in [1.165, 1.54) is 0 Å². The van der Waals surface area contributed by atoms with Gasteiger partial charge in [0.15, 0.2) is 0 Å². The highest BCUT2D eigenvalue weighted by Gasteiger charge is 2.35. The molecule has 4 heteroatoms. The topological polar surface area (TPSA) is 47.9 Å². The Kier molecular flexibility index (Phi) is 7.00. The van der Waals surface area contributed by atoms with E-state index < -0.39 is 0 Å². The van der Waals surface area contributed by atoms with Gasteiger partial charge in [0.1, 0.15) is 6.10 Å². The van der Waals surface area contributed by atoms with Gasteiger partial charge in [-0.05, 0) is 17.5 Å². The molecule has 3 rings (SSSR count). The normalized spacial score (nSPS) is 23.0. The molecule has 0 bridgehead atoms. The molecule has 2 aromatic carbocycles. The second-order valence-corrected chi connectivity index (χ2v) is 6.38. The third-order valence-electron chi connectivity index (χ3n) is 4.43. The number of aliphatic hydroxyl groups excluding tert-OH is 1. The molecule has 1 N–H and O–H groups in total. The van der Waals surface area contributed by atoms with E-state index in [2.05, 4.69) is 12.1 Å². The highest BCUT2D eigenvalue weighted by atomic mass is 16.6. The largest absolute Gasteiger partial charge is 0.396 e. The van der Waals surface area contributed by atoms with Crippen LogP contribution in [0.25, 0.3) is 0 Å². The molecule has 1 aliphatic rings. The molecule has 0 radical (unpaired) electrons. The molecule has 0 spiro atoms. The fourth-order valence-corrected chi connectivity index (χ4v) is 3.10. The van der Waals surface area contributed by atoms with E-state index in [-0.39, 0.29) is 24.9 Å². The molecule has 3 atom stereocenters. The number of hydrogen-bond acceptors (Lipinski definition) is 4. The minimum absolute atomic E-state index is 0.00692. The molecule has 4 nitrogen and oxygen atoms in total. The molecule has 1 saturated heterocycles. The van der Waals surface area contributed by atoms with E-state index in [1.54, 1.807) is 0 Å². The van der Waals surface area contributed by atoms with Gasteiger partial charge < -0.3 is 19.3 Å². The van der Waals surface area contributed by atoms with Crippen molar-refractivity contribution in [2.75, 3.05) is 13.2 Å². The van der Waals surface area contributed by atoms with Crippen molar-refractivity contribution in [2.24, 2.45) is 0 Å². The predicted molar refractivity (Wildman–Crippen MR) is 96.1 cm³/mol. The van der Waals surface area contributed by atoms with E-state index in [0.717, 1.165) is 17.5 Å². The Labute approximate surface area is 149 Å². The highest BCUT2D eigenvalue weighted by molar-refractivity contribution is 5.14. The fourth-order valence-electron chi connectivity index (χ4n) is 3.10. The monoisotopic (exact) mass is 342 g/mol. The molecular formula is C21H26O4. The van der Waals surface area contributed by atoms with Crippen molar-refractivity contribution < 1.29 is 19.3 Å². The molecule has 25 heavy (non-hydrogen) atoms. The zero-order valence-electron chi connectivity index (χ0n) is 14.4. The zero-order chi connectivity index (χ0) is 17.3. The summed E-state index contributed by atoms with van der Waals surface area (Å²) in [5.41, 5.74) is 2.30. The highest BCUT2D eigenvalue weighted by Crippen LogP contribution is 2.26. The smallest absolute Gasteiger partial charge is 0.107 e. The van der Waals surface area contributed by atoms with Crippen LogP contribution in [0, 0.1) is 0 Å². The van der Waals surface area contributed by atoms with Crippen LogP contribution in [0.5, 0.6) is 0 Å². The lowest BCUT2D eigenvalue weighted by Crippen LogP contribution is -2.29. The second-order valence-electron chi connectivity index (χ2n) is 6.38. The standard InChI is InChI=1S/C21H26O4/c22-12-11-19-13-20(24-15-18-9-5-2-6-10-18)21(25-19)16-23-14-17-7-3-1-4-8-17/h1-10,19-22H,11-16H2/t19-,20-,21+/m0/s1. The third-order valence-corrected chi connectivity index (χ3v) is 4.43. The first kappa shape index (κ1) is 18.1. The molecule has 1 heterocycles. The summed E-state index contributed by atoms with van der Waals surface area (Å²) in [6.07, 6.45) is 1.38. The Balaban J connectivity index is 1.50. The van der Waals surface area contributed by atoms with Crippen LogP contribution >= 0.6 is 0 Å². The van der Waals surface area contributed by atoms with Gasteiger partial charge in [0.2, 0.25) is 0 Å². The third kappa shape index (κ3) is 5.65. The van der Waals surface area contributed by atoms with E-state index in [9.17, 15) is 5.11 Å². The number of ether oxygens (including phenoxy) is 3. The Hall–Kier alpha value is -1.72. The zero-order valence-corrected chi connectivity index (χ0v) is 14.4. The number of benzene rings is 2. The van der Waals surface area contributed by atoms with Crippen LogP contribution in [0.4, 0.5) is 0 Å². The minimum atomic E-state index is -0.0935. The van der Waals surface area contributed by atoms with Crippen LogP contribution < -0.4 is 0 Å². The molecule has 0 aliphatic carbocycles. The number of hydrogen-bond donors (Lipinski definition) is 1. The van der Waals surface area contributed by atoms with Gasteiger partial charge >= 0.3 is 0 Å². The molecule has 0 amide bonds. The van der Waals surface area contributed by atoms with E-state index in [0.29, 0.717) is 26.2 Å². The molecule has 0 unspecified atom stereocenters. The summed E-state index contributed by atoms with van der Waals surface area (Å²) in [5, 5.41) is 9.18. The van der Waals surface area contributed by atoms with Crippen LogP contribution in [0.3, 0.4) is 0 Å². The van der Waals surface area contributed by atoms with Gasteiger partial charge in [-0.25, -0.2) is 0 Å². The van der Waals surface area contributed by atoms with Gasteiger partial charge in [-0.2, -0.15) is 0 Å². The van der Waals surface area contributed by atoms with Crippen LogP contribution in [0.15, 0.2) is 60.7 Å². The molecule has 1 aliphatic heterocycles. The molecule has 1 fully saturated rings. The first-order valence-corrected chi connectivity index (χ1v) is 8.88. The average molecular weight is 342 g/mol. The number of rotatable bonds is 9. The lowest BCUT2D eigenvalue weighted by molar-refractivity contribution is -0.0730. The number of aliphatic hydroxyl groups is 1. The Morgan fingerprint density at radius 3 is 2.20 bits per heavy atom. The van der Waals surface area contributed by atoms with Crippen molar-refractivity contribution in [3.63, 3.8) is 0 Å². The molecule has 134 valence electrons. The minimum Gasteiger partial charge on any atom is -0.396 e. The van der Waals surface area contributed by atoms with Gasteiger partial charge in [-0.1, -0.05) is 60.7 Å². The molecular weight excluding hydrogens is 316 g/mol. The van der Waals surface area contributed by atoms with Crippen molar-refractivity contribution in [1.29, 1.82) is 0 Å². The van der Waals surface area contributed by atoms with Gasteiger partial charge in [0, 0.05) is 13.0 Å². The second kappa shape index (κ2) is 9.68. The maximum Gasteiger partial charge on any atom is 0.107 e. The summed E-state index contributed by atoms with van der Waals surface area (Å²) in [6.45, 7) is 1.76. The van der Waals surface area contributed by atoms with E-state index in [1.807, 2.05) is 48.5 Å². The van der Waals surface area contributed by atoms with Crippen LogP contribution in [-0.2, 0) is 27.4 Å². The summed E-state index contributed by atoms with van der Waals surface area (Å²) < 4.78 is 18.0. The lowest BCUT2D eigenvalue weighted by atomic mass is 10.1. The first-order chi connectivity index (χ1) is 12.3. The van der Waals surface area contributed by atoms with Crippen LogP contribution in [0.2, 0.25) is 0 Å². The summed E-state index contributed by atoms with van der Waals surface area (Å²) in [5.74, 6) is 0. The summed E-state index contributed by atoms with van der Waals surface area (Å²) in [4.78, 5) is 0. The summed E-state index contributed by atoms with van der Waals surface area (Å²) in [6, 6.07) is 20.3. The first-order valence-electron chi connectivity index (χ1n) is 8.88. The summed E-state index contributed by atoms with van der Waals surface area (Å²) in [7, 11) is 0. The van der Waals surface area contributed by atoms with Crippen molar-refractivity contribution in [3.05, 3.63) is 71.8 Å². The van der Waals surface area contributed by atoms with Gasteiger partial charge in [0.05, 0.1) is 32.0 Å². The lowest BCUT2D eigenvalue weighted by Gasteiger charge is -2.19. The van der Waals surface area contributed by atoms with Crippen LogP contribution in [-0.4, -0.2) is 36.6 Å². The molecule has 2 aromatic rings. The van der Waals surface area contributed by atoms with Crippen molar-refractivity contribution in [2.45, 2.75) is 44.4 Å². The van der Waals surface area contributed by atoms with E-state index in [4.69, 9.17) is 14.2 Å². The van der Waals surface area contributed by atoms with Gasteiger partial charge in [0.25, 0.3) is 0 Å². The quantitative estimate of drug-likeness (QED) is 0.759. The Bertz CT molecular complexity index is 602. The SMILES string of the molecule is OCC[C@H]1C[C@H](OCc2ccccc2)[C@@H](COCc2ccccc2)O1. The van der Waals surface area contributed by atoms with Crippen molar-refractivity contribution >= 4 is 0 Å². The fraction of sp³-hybridized carbons (Fsp3) is 0.429. The maximum absolute atomic E-state index is 9.18. The predicted octanol–water partition coefficient (Wildman–Crippen LogP) is 3.33. The van der Waals surface area contributed by atoms with Gasteiger partial charge in [-0.15, -0.1) is 0 Å². The molecule has 0 saturated carbocycles. The Morgan fingerprint density at radius 1 is 0.920 bits per heavy atom. The van der Waals surface area contributed by atoms with Gasteiger partial charge in [-0.3, -0.25) is 0 Å². The van der Waals surface area contributed by atoms with Crippen LogP contribution in [0.1, 0.15) is 24.0 Å². The van der Waals surface area contributed by atoms with Crippen molar-refractivity contribution in [3.8, 4) is 0 Å². The summed E-state index contributed by atoms with van der Waals surface area (Å²) >= 11 is 0. The van der Waals surface area contributed by atoms with Crippen molar-refractivity contribution in [1.82, 2.24) is 0 Å². The molecule has 0 aromatic heterocycles.